The van der Waals surface area contributed by atoms with Crippen LogP contribution in [0.1, 0.15) is 5.56 Å². The first-order chi connectivity index (χ1) is 14.8. The zero-order valence-corrected chi connectivity index (χ0v) is 17.2. The van der Waals surface area contributed by atoms with E-state index in [9.17, 15) is 4.79 Å². The van der Waals surface area contributed by atoms with Gasteiger partial charge in [0.05, 0.1) is 0 Å². The second kappa shape index (κ2) is 9.29. The molecule has 0 saturated heterocycles. The van der Waals surface area contributed by atoms with E-state index < -0.39 is 10.3 Å². The summed E-state index contributed by atoms with van der Waals surface area (Å²) >= 11 is 0. The minimum atomic E-state index is -2.24. The van der Waals surface area contributed by atoms with E-state index in [4.69, 9.17) is 4.18 Å². The van der Waals surface area contributed by atoms with Gasteiger partial charge in [-0.25, -0.2) is 4.79 Å². The molecule has 0 N–H and O–H groups in total. The lowest BCUT2D eigenvalue weighted by atomic mass is 10.2. The van der Waals surface area contributed by atoms with Crippen molar-refractivity contribution in [1.82, 2.24) is 0 Å². The average molecular weight is 411 g/mol. The smallest absolute Gasteiger partial charge is 0.342 e. The number of carbonyl (C=O) groups excluding carboxylic acids is 1. The minimum Gasteiger partial charge on any atom is -0.399 e. The van der Waals surface area contributed by atoms with Gasteiger partial charge in [-0.1, -0.05) is 84.9 Å². The van der Waals surface area contributed by atoms with Crippen molar-refractivity contribution in [3.05, 3.63) is 133 Å². The van der Waals surface area contributed by atoms with Crippen LogP contribution >= 0.6 is 10.3 Å². The van der Waals surface area contributed by atoms with E-state index in [-0.39, 0.29) is 5.97 Å². The van der Waals surface area contributed by atoms with Crippen LogP contribution in [0, 0.1) is 0 Å². The molecule has 0 aliphatic carbocycles. The van der Waals surface area contributed by atoms with Crippen LogP contribution in [-0.2, 0) is 8.98 Å². The van der Waals surface area contributed by atoms with Gasteiger partial charge in [-0.05, 0) is 58.3 Å². The number of hydrogen-bond acceptors (Lipinski definition) is 2. The predicted octanol–water partition coefficient (Wildman–Crippen LogP) is 7.14. The Balaban J connectivity index is 1.83. The lowest BCUT2D eigenvalue weighted by molar-refractivity contribution is -0.128. The largest absolute Gasteiger partial charge is 0.399 e. The molecule has 0 fully saturated rings. The van der Waals surface area contributed by atoms with Gasteiger partial charge in [-0.15, -0.1) is 0 Å². The van der Waals surface area contributed by atoms with Crippen LogP contribution in [0.15, 0.2) is 142 Å². The summed E-state index contributed by atoms with van der Waals surface area (Å²) < 4.78 is 6.38. The van der Waals surface area contributed by atoms with E-state index in [2.05, 4.69) is 0 Å². The Morgan fingerprint density at radius 3 is 1.33 bits per heavy atom. The molecule has 0 spiro atoms. The van der Waals surface area contributed by atoms with Crippen LogP contribution < -0.4 is 0 Å². The normalized spacial score (nSPS) is 11.9. The fourth-order valence-corrected chi connectivity index (χ4v) is 6.30. The Labute approximate surface area is 179 Å². The third kappa shape index (κ3) is 4.22. The molecule has 0 radical (unpaired) electrons. The van der Waals surface area contributed by atoms with Gasteiger partial charge in [0, 0.05) is 20.8 Å². The van der Waals surface area contributed by atoms with Crippen molar-refractivity contribution in [2.24, 2.45) is 0 Å². The summed E-state index contributed by atoms with van der Waals surface area (Å²) in [5, 5.41) is 0. The summed E-state index contributed by atoms with van der Waals surface area (Å²) in [7, 11) is -2.24. The fourth-order valence-electron chi connectivity index (χ4n) is 3.27. The minimum absolute atomic E-state index is 0.370. The summed E-state index contributed by atoms with van der Waals surface area (Å²) in [6, 6.07) is 39.7. The molecule has 0 aliphatic heterocycles. The zero-order valence-electron chi connectivity index (χ0n) is 16.4. The summed E-state index contributed by atoms with van der Waals surface area (Å²) in [6.07, 6.45) is 3.29. The molecule has 0 atom stereocenters. The van der Waals surface area contributed by atoms with E-state index in [1.807, 2.05) is 121 Å². The molecule has 2 nitrogen and oxygen atoms in total. The molecule has 3 heteroatoms. The third-order valence-electron chi connectivity index (χ3n) is 4.64. The van der Waals surface area contributed by atoms with E-state index >= 15 is 0 Å². The molecule has 148 valence electrons. The maximum absolute atomic E-state index is 13.1. The monoisotopic (exact) mass is 410 g/mol. The highest BCUT2D eigenvalue weighted by Crippen LogP contribution is 2.69. The molecule has 0 bridgehead atoms. The van der Waals surface area contributed by atoms with Gasteiger partial charge in [-0.2, -0.15) is 0 Å². The van der Waals surface area contributed by atoms with Gasteiger partial charge in [-0.3, -0.25) is 0 Å². The number of hydrogen-bond donors (Lipinski definition) is 0. The molecule has 30 heavy (non-hydrogen) atoms. The van der Waals surface area contributed by atoms with Crippen LogP contribution in [0.3, 0.4) is 0 Å². The first-order valence-corrected chi connectivity index (χ1v) is 11.3. The average Bonchev–Trinajstić information content (AvgIpc) is 2.83. The summed E-state index contributed by atoms with van der Waals surface area (Å²) in [6.45, 7) is 0. The van der Waals surface area contributed by atoms with Gasteiger partial charge in [0.25, 0.3) is 0 Å². The van der Waals surface area contributed by atoms with E-state index in [1.165, 1.54) is 6.08 Å². The Kier molecular flexibility index (Phi) is 6.11. The molecule has 4 aromatic rings. The maximum Gasteiger partial charge on any atom is 0.342 e. The molecule has 0 unspecified atom stereocenters. The van der Waals surface area contributed by atoms with E-state index in [0.29, 0.717) is 0 Å². The Morgan fingerprint density at radius 2 is 0.933 bits per heavy atom. The Hall–Kier alpha value is -3.56. The van der Waals surface area contributed by atoms with Crippen molar-refractivity contribution in [3.8, 4) is 0 Å². The lowest BCUT2D eigenvalue weighted by Gasteiger charge is -2.39. The standard InChI is InChI=1S/C27H22O2S/c28-27(22-21-23-13-5-1-6-14-23)29-30(24-15-7-2-8-16-24,25-17-9-3-10-18-25)26-19-11-4-12-20-26/h1-22H. The van der Waals surface area contributed by atoms with Gasteiger partial charge in [0.15, 0.2) is 0 Å². The highest BCUT2D eigenvalue weighted by molar-refractivity contribution is 8.30. The number of rotatable bonds is 6. The van der Waals surface area contributed by atoms with Crippen LogP contribution in [0.2, 0.25) is 0 Å². The first-order valence-electron chi connectivity index (χ1n) is 9.74. The van der Waals surface area contributed by atoms with Crippen LogP contribution in [0.25, 0.3) is 6.08 Å². The SMILES string of the molecule is O=C(C=Cc1ccccc1)OS(c1ccccc1)(c1ccccc1)c1ccccc1. The van der Waals surface area contributed by atoms with E-state index in [0.717, 1.165) is 20.2 Å². The van der Waals surface area contributed by atoms with Gasteiger partial charge < -0.3 is 4.18 Å². The lowest BCUT2D eigenvalue weighted by Crippen LogP contribution is -2.12. The Morgan fingerprint density at radius 1 is 0.567 bits per heavy atom. The molecule has 0 aromatic heterocycles. The van der Waals surface area contributed by atoms with Crippen molar-refractivity contribution in [1.29, 1.82) is 0 Å². The van der Waals surface area contributed by atoms with Crippen molar-refractivity contribution in [3.63, 3.8) is 0 Å². The number of carbonyl (C=O) groups is 1. The van der Waals surface area contributed by atoms with Crippen LogP contribution in [0.5, 0.6) is 0 Å². The highest BCUT2D eigenvalue weighted by Gasteiger charge is 2.34. The van der Waals surface area contributed by atoms with Crippen molar-refractivity contribution >= 4 is 22.4 Å². The molecule has 0 amide bonds. The fraction of sp³-hybridized carbons (Fsp3) is 0. The second-order valence-electron chi connectivity index (χ2n) is 6.64. The topological polar surface area (TPSA) is 26.3 Å². The first kappa shape index (κ1) is 19.7. The molecule has 4 aromatic carbocycles. The van der Waals surface area contributed by atoms with Crippen LogP contribution in [-0.4, -0.2) is 5.97 Å². The number of benzene rings is 4. The molecular weight excluding hydrogens is 388 g/mol. The van der Waals surface area contributed by atoms with Gasteiger partial charge in [0.1, 0.15) is 0 Å². The third-order valence-corrected chi connectivity index (χ3v) is 7.87. The summed E-state index contributed by atoms with van der Waals surface area (Å²) in [5.41, 5.74) is 0.953. The van der Waals surface area contributed by atoms with E-state index in [1.54, 1.807) is 6.08 Å². The van der Waals surface area contributed by atoms with Crippen molar-refractivity contribution in [2.45, 2.75) is 14.7 Å². The molecule has 0 aliphatic rings. The second-order valence-corrected chi connectivity index (χ2v) is 9.33. The maximum atomic E-state index is 13.1. The van der Waals surface area contributed by atoms with Gasteiger partial charge in [0.2, 0.25) is 0 Å². The highest BCUT2D eigenvalue weighted by atomic mass is 32.3. The molecular formula is C27H22O2S. The van der Waals surface area contributed by atoms with Gasteiger partial charge >= 0.3 is 5.97 Å². The molecule has 0 saturated carbocycles. The molecule has 4 rings (SSSR count). The van der Waals surface area contributed by atoms with Crippen LogP contribution in [0.4, 0.5) is 0 Å². The quantitative estimate of drug-likeness (QED) is 0.316. The summed E-state index contributed by atoms with van der Waals surface area (Å²) in [5.74, 6) is -0.370. The van der Waals surface area contributed by atoms with Crippen molar-refractivity contribution < 1.29 is 8.98 Å². The Bertz CT molecular complexity index is 1010. The van der Waals surface area contributed by atoms with Crippen molar-refractivity contribution in [2.75, 3.05) is 0 Å². The zero-order chi connectivity index (χ0) is 20.7. The predicted molar refractivity (Wildman–Crippen MR) is 123 cm³/mol. The summed E-state index contributed by atoms with van der Waals surface area (Å²) in [4.78, 5) is 16.0. The molecule has 0 heterocycles.